The Morgan fingerprint density at radius 2 is 2.29 bits per heavy atom. The molecule has 0 spiro atoms. The summed E-state index contributed by atoms with van der Waals surface area (Å²) >= 11 is 0. The van der Waals surface area contributed by atoms with Gasteiger partial charge in [0.05, 0.1) is 5.69 Å². The number of carboxylic acids is 1. The summed E-state index contributed by atoms with van der Waals surface area (Å²) in [5.41, 5.74) is 2.11. The van der Waals surface area contributed by atoms with Crippen LogP contribution in [0.15, 0.2) is 42.7 Å². The molecule has 1 heterocycles. The molecular formula is C16H19N3O2. The van der Waals surface area contributed by atoms with Crippen molar-refractivity contribution in [3.05, 3.63) is 48.3 Å². The number of rotatable bonds is 6. The normalized spacial score (nSPS) is 16.1. The summed E-state index contributed by atoms with van der Waals surface area (Å²) < 4.78 is 1.81. The van der Waals surface area contributed by atoms with Crippen LogP contribution in [0.5, 0.6) is 0 Å². The van der Waals surface area contributed by atoms with E-state index >= 15 is 0 Å². The van der Waals surface area contributed by atoms with Crippen molar-refractivity contribution < 1.29 is 9.90 Å². The molecule has 5 heteroatoms. The van der Waals surface area contributed by atoms with Crippen LogP contribution < -0.4 is 0 Å². The first kappa shape index (κ1) is 13.8. The maximum Gasteiger partial charge on any atom is 0.320 e. The van der Waals surface area contributed by atoms with Gasteiger partial charge in [0, 0.05) is 25.0 Å². The molecule has 0 saturated heterocycles. The first-order valence-corrected chi connectivity index (χ1v) is 7.22. The second-order valence-corrected chi connectivity index (χ2v) is 5.54. The summed E-state index contributed by atoms with van der Waals surface area (Å²) in [6.07, 6.45) is 5.83. The number of benzene rings is 1. The molecule has 1 aliphatic rings. The van der Waals surface area contributed by atoms with Gasteiger partial charge in [-0.05, 0) is 43.5 Å². The van der Waals surface area contributed by atoms with Crippen molar-refractivity contribution in [3.63, 3.8) is 0 Å². The predicted octanol–water partition coefficient (Wildman–Crippen LogP) is 2.31. The maximum absolute atomic E-state index is 11.3. The minimum atomic E-state index is -0.759. The lowest BCUT2D eigenvalue weighted by Gasteiger charge is -2.26. The van der Waals surface area contributed by atoms with Crippen molar-refractivity contribution in [1.29, 1.82) is 0 Å². The van der Waals surface area contributed by atoms with Gasteiger partial charge in [0.15, 0.2) is 0 Å². The second-order valence-electron chi connectivity index (χ2n) is 5.54. The quantitative estimate of drug-likeness (QED) is 0.885. The van der Waals surface area contributed by atoms with E-state index in [4.69, 9.17) is 0 Å². The van der Waals surface area contributed by atoms with E-state index in [9.17, 15) is 9.90 Å². The van der Waals surface area contributed by atoms with E-state index in [1.54, 1.807) is 13.1 Å². The van der Waals surface area contributed by atoms with Crippen LogP contribution in [0.3, 0.4) is 0 Å². The van der Waals surface area contributed by atoms with E-state index in [2.05, 4.69) is 16.1 Å². The Bertz CT molecular complexity index is 620. The molecule has 1 N–H and O–H groups in total. The summed E-state index contributed by atoms with van der Waals surface area (Å²) in [6.45, 7) is 2.42. The predicted molar refractivity (Wildman–Crippen MR) is 79.2 cm³/mol. The summed E-state index contributed by atoms with van der Waals surface area (Å²) in [7, 11) is 0. The number of carboxylic acid groups (broad SMARTS) is 1. The Balaban J connectivity index is 1.80. The van der Waals surface area contributed by atoms with E-state index in [1.807, 2.05) is 35.1 Å². The minimum Gasteiger partial charge on any atom is -0.480 e. The average Bonchev–Trinajstić information content (AvgIpc) is 3.17. The fraction of sp³-hybridized carbons (Fsp3) is 0.375. The third-order valence-corrected chi connectivity index (χ3v) is 3.92. The Morgan fingerprint density at radius 1 is 1.48 bits per heavy atom. The molecular weight excluding hydrogens is 266 g/mol. The molecule has 0 radical (unpaired) electrons. The zero-order valence-electron chi connectivity index (χ0n) is 12.0. The standard InChI is InChI=1S/C16H19N3O2/c1-12(16(20)21)18(14-6-7-14)11-13-4-2-5-15(10-13)19-9-3-8-17-19/h2-5,8-10,12,14H,6-7,11H2,1H3,(H,20,21). The molecule has 110 valence electrons. The third-order valence-electron chi connectivity index (χ3n) is 3.92. The zero-order chi connectivity index (χ0) is 14.8. The van der Waals surface area contributed by atoms with Crippen LogP contribution >= 0.6 is 0 Å². The first-order chi connectivity index (χ1) is 10.1. The molecule has 2 aromatic rings. The van der Waals surface area contributed by atoms with Crippen LogP contribution in [0.25, 0.3) is 5.69 Å². The molecule has 1 atom stereocenters. The number of nitrogens with zero attached hydrogens (tertiary/aromatic N) is 3. The Kier molecular flexibility index (Phi) is 3.75. The lowest BCUT2D eigenvalue weighted by Crippen LogP contribution is -2.40. The van der Waals surface area contributed by atoms with Gasteiger partial charge in [-0.3, -0.25) is 9.69 Å². The minimum absolute atomic E-state index is 0.407. The van der Waals surface area contributed by atoms with Gasteiger partial charge in [-0.2, -0.15) is 5.10 Å². The van der Waals surface area contributed by atoms with Crippen molar-refractivity contribution in [3.8, 4) is 5.69 Å². The lowest BCUT2D eigenvalue weighted by molar-refractivity contribution is -0.143. The van der Waals surface area contributed by atoms with Crippen LogP contribution in [0.1, 0.15) is 25.3 Å². The topological polar surface area (TPSA) is 58.4 Å². The molecule has 1 aromatic carbocycles. The molecule has 1 aromatic heterocycles. The number of carbonyl (C=O) groups is 1. The third kappa shape index (κ3) is 3.13. The Labute approximate surface area is 123 Å². The molecule has 21 heavy (non-hydrogen) atoms. The number of aromatic nitrogens is 2. The molecule has 0 bridgehead atoms. The number of aliphatic carboxylic acids is 1. The van der Waals surface area contributed by atoms with Gasteiger partial charge in [-0.1, -0.05) is 12.1 Å². The van der Waals surface area contributed by atoms with E-state index in [1.165, 1.54) is 0 Å². The van der Waals surface area contributed by atoms with E-state index in [0.717, 1.165) is 24.1 Å². The fourth-order valence-corrected chi connectivity index (χ4v) is 2.56. The van der Waals surface area contributed by atoms with Crippen LogP contribution in [-0.4, -0.2) is 37.8 Å². The summed E-state index contributed by atoms with van der Waals surface area (Å²) in [4.78, 5) is 13.3. The van der Waals surface area contributed by atoms with Crippen LogP contribution in [0.2, 0.25) is 0 Å². The molecule has 1 fully saturated rings. The van der Waals surface area contributed by atoms with Crippen molar-refractivity contribution >= 4 is 5.97 Å². The SMILES string of the molecule is CC(C(=O)O)N(Cc1cccc(-n2cccn2)c1)C1CC1. The smallest absolute Gasteiger partial charge is 0.320 e. The highest BCUT2D eigenvalue weighted by atomic mass is 16.4. The van der Waals surface area contributed by atoms with E-state index in [-0.39, 0.29) is 0 Å². The number of hydrogen-bond acceptors (Lipinski definition) is 3. The highest BCUT2D eigenvalue weighted by molar-refractivity contribution is 5.73. The molecule has 0 aliphatic heterocycles. The van der Waals surface area contributed by atoms with Gasteiger partial charge in [-0.25, -0.2) is 4.68 Å². The van der Waals surface area contributed by atoms with Gasteiger partial charge < -0.3 is 5.11 Å². The van der Waals surface area contributed by atoms with Crippen LogP contribution in [0.4, 0.5) is 0 Å². The molecule has 0 amide bonds. The number of hydrogen-bond donors (Lipinski definition) is 1. The fourth-order valence-electron chi connectivity index (χ4n) is 2.56. The molecule has 1 aliphatic carbocycles. The molecule has 3 rings (SSSR count). The molecule has 1 saturated carbocycles. The monoisotopic (exact) mass is 285 g/mol. The Hall–Kier alpha value is -2.14. The maximum atomic E-state index is 11.3. The van der Waals surface area contributed by atoms with E-state index in [0.29, 0.717) is 12.6 Å². The van der Waals surface area contributed by atoms with Crippen molar-refractivity contribution in [1.82, 2.24) is 14.7 Å². The lowest BCUT2D eigenvalue weighted by atomic mass is 10.1. The van der Waals surface area contributed by atoms with Crippen LogP contribution in [-0.2, 0) is 11.3 Å². The van der Waals surface area contributed by atoms with Gasteiger partial charge in [0.2, 0.25) is 0 Å². The summed E-state index contributed by atoms with van der Waals surface area (Å²) in [5, 5.41) is 13.5. The van der Waals surface area contributed by atoms with Gasteiger partial charge in [-0.15, -0.1) is 0 Å². The largest absolute Gasteiger partial charge is 0.480 e. The highest BCUT2D eigenvalue weighted by Crippen LogP contribution is 2.30. The van der Waals surface area contributed by atoms with Gasteiger partial charge >= 0.3 is 5.97 Å². The summed E-state index contributed by atoms with van der Waals surface area (Å²) in [5.74, 6) is -0.759. The molecule has 5 nitrogen and oxygen atoms in total. The van der Waals surface area contributed by atoms with Gasteiger partial charge in [0.25, 0.3) is 0 Å². The van der Waals surface area contributed by atoms with Gasteiger partial charge in [0.1, 0.15) is 6.04 Å². The molecule has 1 unspecified atom stereocenters. The van der Waals surface area contributed by atoms with E-state index < -0.39 is 12.0 Å². The summed E-state index contributed by atoms with van der Waals surface area (Å²) in [6, 6.07) is 9.93. The first-order valence-electron chi connectivity index (χ1n) is 7.22. The second kappa shape index (κ2) is 5.69. The van der Waals surface area contributed by atoms with Crippen molar-refractivity contribution in [2.24, 2.45) is 0 Å². The van der Waals surface area contributed by atoms with Crippen molar-refractivity contribution in [2.45, 2.75) is 38.4 Å². The van der Waals surface area contributed by atoms with Crippen LogP contribution in [0, 0.1) is 0 Å². The zero-order valence-corrected chi connectivity index (χ0v) is 12.0. The average molecular weight is 285 g/mol. The van der Waals surface area contributed by atoms with Crippen molar-refractivity contribution in [2.75, 3.05) is 0 Å². The highest BCUT2D eigenvalue weighted by Gasteiger charge is 2.34. The Morgan fingerprint density at radius 3 is 2.90 bits per heavy atom.